The van der Waals surface area contributed by atoms with Crippen LogP contribution in [-0.4, -0.2) is 35.3 Å². The Kier molecular flexibility index (Phi) is 3.84. The van der Waals surface area contributed by atoms with Crippen LogP contribution in [0.15, 0.2) is 0 Å². The first-order valence-corrected chi connectivity index (χ1v) is 6.39. The molecule has 0 unspecified atom stereocenters. The molecule has 0 atom stereocenters. The molecule has 0 saturated heterocycles. The fraction of sp³-hybridized carbons (Fsp3) is 0.846. The van der Waals surface area contributed by atoms with E-state index in [1.165, 1.54) is 0 Å². The number of hydrogen-bond acceptors (Lipinski definition) is 2. The molecule has 4 heteroatoms. The van der Waals surface area contributed by atoms with E-state index in [9.17, 15) is 9.59 Å². The van der Waals surface area contributed by atoms with Gasteiger partial charge < -0.3 is 10.2 Å². The summed E-state index contributed by atoms with van der Waals surface area (Å²) in [6.45, 7) is 11.0. The predicted molar refractivity (Wildman–Crippen MR) is 67.5 cm³/mol. The fourth-order valence-corrected chi connectivity index (χ4v) is 1.94. The highest BCUT2D eigenvalue weighted by atomic mass is 16.2. The summed E-state index contributed by atoms with van der Waals surface area (Å²) in [5.74, 6) is -0.119. The smallest absolute Gasteiger partial charge is 0.238 e. The first-order valence-electron chi connectivity index (χ1n) is 6.39. The first-order chi connectivity index (χ1) is 7.77. The molecule has 0 radical (unpaired) electrons. The summed E-state index contributed by atoms with van der Waals surface area (Å²) in [6.07, 6.45) is 1.37. The van der Waals surface area contributed by atoms with Gasteiger partial charge in [0.2, 0.25) is 11.8 Å². The highest BCUT2D eigenvalue weighted by Gasteiger charge is 2.58. The van der Waals surface area contributed by atoms with Crippen LogP contribution in [-0.2, 0) is 9.59 Å². The molecule has 1 saturated carbocycles. The van der Waals surface area contributed by atoms with Crippen molar-refractivity contribution in [1.29, 1.82) is 0 Å². The van der Waals surface area contributed by atoms with E-state index in [1.807, 2.05) is 34.6 Å². The summed E-state index contributed by atoms with van der Waals surface area (Å²) in [5.41, 5.74) is -1.05. The van der Waals surface area contributed by atoms with Gasteiger partial charge in [0.15, 0.2) is 0 Å². The van der Waals surface area contributed by atoms with E-state index in [0.717, 1.165) is 0 Å². The van der Waals surface area contributed by atoms with Crippen molar-refractivity contribution < 1.29 is 9.59 Å². The zero-order chi connectivity index (χ0) is 13.3. The minimum absolute atomic E-state index is 0.00995. The van der Waals surface area contributed by atoms with Crippen LogP contribution >= 0.6 is 0 Å². The minimum Gasteiger partial charge on any atom is -0.351 e. The van der Waals surface area contributed by atoms with E-state index in [-0.39, 0.29) is 17.4 Å². The monoisotopic (exact) mass is 240 g/mol. The summed E-state index contributed by atoms with van der Waals surface area (Å²) < 4.78 is 0. The first kappa shape index (κ1) is 14.0. The number of amides is 2. The van der Waals surface area contributed by atoms with Gasteiger partial charge in [0.1, 0.15) is 5.41 Å². The molecule has 2 amide bonds. The van der Waals surface area contributed by atoms with Crippen LogP contribution in [0, 0.1) is 5.41 Å². The van der Waals surface area contributed by atoms with Gasteiger partial charge in [0.25, 0.3) is 0 Å². The lowest BCUT2D eigenvalue weighted by Crippen LogP contribution is -2.50. The average Bonchev–Trinajstić information content (AvgIpc) is 2.97. The molecule has 0 spiro atoms. The van der Waals surface area contributed by atoms with Crippen LogP contribution in [0.2, 0.25) is 0 Å². The van der Waals surface area contributed by atoms with Crippen LogP contribution < -0.4 is 5.32 Å². The van der Waals surface area contributed by atoms with E-state index in [2.05, 4.69) is 5.32 Å². The van der Waals surface area contributed by atoms with Crippen molar-refractivity contribution in [1.82, 2.24) is 10.2 Å². The Hall–Kier alpha value is -1.06. The van der Waals surface area contributed by atoms with Gasteiger partial charge in [-0.05, 0) is 47.5 Å². The van der Waals surface area contributed by atoms with Crippen LogP contribution in [0.3, 0.4) is 0 Å². The Morgan fingerprint density at radius 2 is 1.65 bits per heavy atom. The standard InChI is InChI=1S/C13H24N2O2/c1-6-15(7-2)11(17)13(8-9-13)10(16)14-12(3,4)5/h6-9H2,1-5H3,(H,14,16). The van der Waals surface area contributed by atoms with E-state index in [0.29, 0.717) is 25.9 Å². The van der Waals surface area contributed by atoms with Crippen molar-refractivity contribution in [2.45, 2.75) is 53.0 Å². The number of nitrogens with one attached hydrogen (secondary N) is 1. The normalized spacial score (nSPS) is 17.5. The molecule has 1 fully saturated rings. The van der Waals surface area contributed by atoms with E-state index >= 15 is 0 Å². The molecule has 0 aromatic rings. The van der Waals surface area contributed by atoms with Gasteiger partial charge in [-0.2, -0.15) is 0 Å². The molecule has 4 nitrogen and oxygen atoms in total. The molecule has 1 aliphatic rings. The number of carbonyl (C=O) groups excluding carboxylic acids is 2. The predicted octanol–water partition coefficient (Wildman–Crippen LogP) is 1.55. The van der Waals surface area contributed by atoms with Crippen molar-refractivity contribution in [3.8, 4) is 0 Å². The third-order valence-corrected chi connectivity index (χ3v) is 3.13. The molecule has 0 aliphatic heterocycles. The van der Waals surface area contributed by atoms with E-state index < -0.39 is 5.41 Å². The maximum absolute atomic E-state index is 12.3. The third kappa shape index (κ3) is 2.99. The fourth-order valence-electron chi connectivity index (χ4n) is 1.94. The van der Waals surface area contributed by atoms with Gasteiger partial charge in [-0.15, -0.1) is 0 Å². The number of hydrogen-bond donors (Lipinski definition) is 1. The number of rotatable bonds is 4. The van der Waals surface area contributed by atoms with Crippen molar-refractivity contribution in [2.24, 2.45) is 5.41 Å². The van der Waals surface area contributed by atoms with Crippen molar-refractivity contribution in [3.05, 3.63) is 0 Å². The Morgan fingerprint density at radius 1 is 1.18 bits per heavy atom. The minimum atomic E-state index is -0.765. The maximum Gasteiger partial charge on any atom is 0.238 e. The number of carbonyl (C=O) groups is 2. The lowest BCUT2D eigenvalue weighted by atomic mass is 10.0. The molecule has 1 N–H and O–H groups in total. The third-order valence-electron chi connectivity index (χ3n) is 3.13. The van der Waals surface area contributed by atoms with Gasteiger partial charge in [-0.1, -0.05) is 0 Å². The lowest BCUT2D eigenvalue weighted by Gasteiger charge is -2.28. The maximum atomic E-state index is 12.3. The quantitative estimate of drug-likeness (QED) is 0.758. The molecular weight excluding hydrogens is 216 g/mol. The van der Waals surface area contributed by atoms with Crippen LogP contribution in [0.1, 0.15) is 47.5 Å². The van der Waals surface area contributed by atoms with Crippen molar-refractivity contribution >= 4 is 11.8 Å². The van der Waals surface area contributed by atoms with E-state index in [4.69, 9.17) is 0 Å². The Balaban J connectivity index is 2.75. The second-order valence-corrected chi connectivity index (χ2v) is 5.76. The molecule has 98 valence electrons. The van der Waals surface area contributed by atoms with Crippen molar-refractivity contribution in [2.75, 3.05) is 13.1 Å². The van der Waals surface area contributed by atoms with Gasteiger partial charge in [-0.3, -0.25) is 9.59 Å². The van der Waals surface area contributed by atoms with Gasteiger partial charge in [0.05, 0.1) is 0 Å². The van der Waals surface area contributed by atoms with Crippen LogP contribution in [0.5, 0.6) is 0 Å². The van der Waals surface area contributed by atoms with Crippen LogP contribution in [0.25, 0.3) is 0 Å². The summed E-state index contributed by atoms with van der Waals surface area (Å²) in [6, 6.07) is 0. The Labute approximate surface area is 104 Å². The largest absolute Gasteiger partial charge is 0.351 e. The molecule has 0 aromatic carbocycles. The average molecular weight is 240 g/mol. The zero-order valence-electron chi connectivity index (χ0n) is 11.6. The highest BCUT2D eigenvalue weighted by Crippen LogP contribution is 2.47. The topological polar surface area (TPSA) is 49.4 Å². The molecule has 1 rings (SSSR count). The summed E-state index contributed by atoms with van der Waals surface area (Å²) >= 11 is 0. The van der Waals surface area contributed by atoms with Gasteiger partial charge in [-0.25, -0.2) is 0 Å². The summed E-state index contributed by atoms with van der Waals surface area (Å²) in [4.78, 5) is 26.2. The second-order valence-electron chi connectivity index (χ2n) is 5.76. The molecule has 17 heavy (non-hydrogen) atoms. The Morgan fingerprint density at radius 3 is 1.94 bits per heavy atom. The molecule has 1 aliphatic carbocycles. The number of nitrogens with zero attached hydrogens (tertiary/aromatic N) is 1. The highest BCUT2D eigenvalue weighted by molar-refractivity contribution is 6.08. The Bertz CT molecular complexity index is 310. The SMILES string of the molecule is CCN(CC)C(=O)C1(C(=O)NC(C)(C)C)CC1. The molecule has 0 heterocycles. The van der Waals surface area contributed by atoms with Crippen molar-refractivity contribution in [3.63, 3.8) is 0 Å². The molecular formula is C13H24N2O2. The molecule has 0 bridgehead atoms. The zero-order valence-corrected chi connectivity index (χ0v) is 11.6. The summed E-state index contributed by atoms with van der Waals surface area (Å²) in [7, 11) is 0. The van der Waals surface area contributed by atoms with Gasteiger partial charge in [0, 0.05) is 18.6 Å². The van der Waals surface area contributed by atoms with Gasteiger partial charge >= 0.3 is 0 Å². The van der Waals surface area contributed by atoms with Crippen LogP contribution in [0.4, 0.5) is 0 Å². The molecule has 0 aromatic heterocycles. The lowest BCUT2D eigenvalue weighted by molar-refractivity contribution is -0.144. The summed E-state index contributed by atoms with van der Waals surface area (Å²) in [5, 5.41) is 2.92. The second kappa shape index (κ2) is 4.67. The van der Waals surface area contributed by atoms with E-state index in [1.54, 1.807) is 4.90 Å².